The lowest BCUT2D eigenvalue weighted by atomic mass is 9.94. The average Bonchev–Trinajstić information content (AvgIpc) is 3.75. The van der Waals surface area contributed by atoms with E-state index in [2.05, 4.69) is 193 Å². The number of aromatic nitrogens is 3. The summed E-state index contributed by atoms with van der Waals surface area (Å²) in [5.41, 5.74) is 12.0. The molecule has 300 valence electrons. The fourth-order valence-corrected chi connectivity index (χ4v) is 9.00. The van der Waals surface area contributed by atoms with Crippen LogP contribution in [0.2, 0.25) is 0 Å². The molecule has 2 aromatic heterocycles. The van der Waals surface area contributed by atoms with Crippen LogP contribution in [-0.2, 0) is 0 Å². The molecule has 2 heterocycles. The minimum atomic E-state index is 0.585. The molecule has 0 fully saturated rings. The molecule has 12 aromatic rings. The highest BCUT2D eigenvalue weighted by molar-refractivity contribution is 6.21. The van der Waals surface area contributed by atoms with Gasteiger partial charge in [0.1, 0.15) is 11.2 Å². The minimum Gasteiger partial charge on any atom is -0.455 e. The zero-order chi connectivity index (χ0) is 42.4. The molecule has 10 aromatic carbocycles. The van der Waals surface area contributed by atoms with Crippen LogP contribution < -0.4 is 4.90 Å². The van der Waals surface area contributed by atoms with Gasteiger partial charge in [0, 0.05) is 50.1 Å². The van der Waals surface area contributed by atoms with Gasteiger partial charge < -0.3 is 9.32 Å². The number of hydrogen-bond acceptors (Lipinski definition) is 5. The zero-order valence-electron chi connectivity index (χ0n) is 34.6. The maximum absolute atomic E-state index is 6.97. The van der Waals surface area contributed by atoms with Gasteiger partial charge in [-0.1, -0.05) is 176 Å². The lowest BCUT2D eigenvalue weighted by molar-refractivity contribution is 0.670. The number of para-hydroxylation sites is 1. The lowest BCUT2D eigenvalue weighted by Gasteiger charge is -2.26. The summed E-state index contributed by atoms with van der Waals surface area (Å²) in [5, 5.41) is 6.49. The van der Waals surface area contributed by atoms with Crippen molar-refractivity contribution in [3.8, 4) is 56.4 Å². The Kier molecular flexibility index (Phi) is 9.08. The standard InChI is InChI=1S/C59H38N4O/c1-4-15-39(16-5-1)41-29-33-48(34-30-41)63(47-22-8-3-9-23-47)49-35-31-42(32-36-49)54-50-24-13-12-21-45(50)38-52-55-51(25-14-26-53(55)64-56(52)54)59-61-57(43-18-6-2-7-19-43)60-58(62-59)46-28-27-40-17-10-11-20-44(40)37-46/h1-38H. The molecule has 0 bridgehead atoms. The summed E-state index contributed by atoms with van der Waals surface area (Å²) < 4.78 is 6.97. The SMILES string of the molecule is c1ccc(-c2ccc(N(c3ccccc3)c3ccc(-c4c5ccccc5cc5c4oc4cccc(-c6nc(-c7ccccc7)nc(-c7ccc8ccccc8c7)n6)c45)cc3)cc2)cc1. The summed E-state index contributed by atoms with van der Waals surface area (Å²) >= 11 is 0. The highest BCUT2D eigenvalue weighted by Crippen LogP contribution is 2.45. The van der Waals surface area contributed by atoms with E-state index in [1.165, 1.54) is 16.5 Å². The van der Waals surface area contributed by atoms with Crippen LogP contribution >= 0.6 is 0 Å². The minimum absolute atomic E-state index is 0.585. The van der Waals surface area contributed by atoms with Gasteiger partial charge in [0.05, 0.1) is 0 Å². The highest BCUT2D eigenvalue weighted by atomic mass is 16.3. The molecule has 5 heteroatoms. The van der Waals surface area contributed by atoms with Crippen molar-refractivity contribution >= 4 is 60.5 Å². The van der Waals surface area contributed by atoms with Crippen molar-refractivity contribution in [3.63, 3.8) is 0 Å². The topological polar surface area (TPSA) is 55.1 Å². The van der Waals surface area contributed by atoms with Crippen molar-refractivity contribution in [2.24, 2.45) is 0 Å². The molecular formula is C59H38N4O. The molecule has 0 radical (unpaired) electrons. The Balaban J connectivity index is 1.01. The van der Waals surface area contributed by atoms with Gasteiger partial charge in [-0.3, -0.25) is 0 Å². The largest absolute Gasteiger partial charge is 0.455 e. The summed E-state index contributed by atoms with van der Waals surface area (Å²) in [6, 6.07) is 80.5. The molecule has 0 aliphatic rings. The van der Waals surface area contributed by atoms with Gasteiger partial charge in [-0.25, -0.2) is 15.0 Å². The Morgan fingerprint density at radius 2 is 0.859 bits per heavy atom. The first-order valence-electron chi connectivity index (χ1n) is 21.5. The van der Waals surface area contributed by atoms with Crippen LogP contribution in [0.25, 0.3) is 99.9 Å². The van der Waals surface area contributed by atoms with Crippen molar-refractivity contribution in [2.45, 2.75) is 0 Å². The molecule has 0 aliphatic heterocycles. The van der Waals surface area contributed by atoms with E-state index in [0.29, 0.717) is 17.5 Å². The van der Waals surface area contributed by atoms with Crippen LogP contribution in [0.5, 0.6) is 0 Å². The lowest BCUT2D eigenvalue weighted by Crippen LogP contribution is -2.09. The molecule has 5 nitrogen and oxygen atoms in total. The second-order valence-corrected chi connectivity index (χ2v) is 16.0. The van der Waals surface area contributed by atoms with Crippen LogP contribution in [0, 0.1) is 0 Å². The second-order valence-electron chi connectivity index (χ2n) is 16.0. The summed E-state index contributed by atoms with van der Waals surface area (Å²) in [7, 11) is 0. The quantitative estimate of drug-likeness (QED) is 0.153. The molecule has 0 N–H and O–H groups in total. The Morgan fingerprint density at radius 1 is 0.328 bits per heavy atom. The fourth-order valence-electron chi connectivity index (χ4n) is 9.00. The third kappa shape index (κ3) is 6.64. The van der Waals surface area contributed by atoms with Crippen LogP contribution in [-0.4, -0.2) is 15.0 Å². The van der Waals surface area contributed by atoms with Crippen molar-refractivity contribution in [3.05, 3.63) is 231 Å². The maximum Gasteiger partial charge on any atom is 0.164 e. The first kappa shape index (κ1) is 37.1. The molecule has 0 saturated carbocycles. The summed E-state index contributed by atoms with van der Waals surface area (Å²) in [5.74, 6) is 1.81. The van der Waals surface area contributed by atoms with Gasteiger partial charge in [-0.2, -0.15) is 0 Å². The van der Waals surface area contributed by atoms with E-state index >= 15 is 0 Å². The van der Waals surface area contributed by atoms with Gasteiger partial charge in [-0.05, 0) is 92.8 Å². The molecule has 64 heavy (non-hydrogen) atoms. The molecule has 0 atom stereocenters. The molecule has 0 saturated heterocycles. The van der Waals surface area contributed by atoms with Crippen molar-refractivity contribution in [2.75, 3.05) is 4.90 Å². The van der Waals surface area contributed by atoms with Gasteiger partial charge in [0.25, 0.3) is 0 Å². The number of furan rings is 1. The fraction of sp³-hybridized carbons (Fsp3) is 0. The maximum atomic E-state index is 6.97. The summed E-state index contributed by atoms with van der Waals surface area (Å²) in [4.78, 5) is 17.7. The molecule has 0 amide bonds. The second kappa shape index (κ2) is 15.7. The molecule has 12 rings (SSSR count). The van der Waals surface area contributed by atoms with Crippen LogP contribution in [0.1, 0.15) is 0 Å². The Labute approximate surface area is 370 Å². The smallest absolute Gasteiger partial charge is 0.164 e. The molecule has 0 spiro atoms. The number of fused-ring (bicyclic) bond motifs is 5. The van der Waals surface area contributed by atoms with E-state index < -0.39 is 0 Å². The Morgan fingerprint density at radius 3 is 1.58 bits per heavy atom. The van der Waals surface area contributed by atoms with E-state index in [0.717, 1.165) is 83.0 Å². The zero-order valence-corrected chi connectivity index (χ0v) is 34.6. The normalized spacial score (nSPS) is 11.4. The van der Waals surface area contributed by atoms with Gasteiger partial charge in [-0.15, -0.1) is 0 Å². The number of nitrogens with zero attached hydrogens (tertiary/aromatic N) is 4. The van der Waals surface area contributed by atoms with E-state index in [1.807, 2.05) is 42.5 Å². The first-order chi connectivity index (χ1) is 31.7. The molecule has 0 unspecified atom stereocenters. The first-order valence-corrected chi connectivity index (χ1v) is 21.5. The van der Waals surface area contributed by atoms with Crippen molar-refractivity contribution < 1.29 is 4.42 Å². The number of rotatable bonds is 8. The van der Waals surface area contributed by atoms with Crippen LogP contribution in [0.15, 0.2) is 235 Å². The Hall–Kier alpha value is -8.67. The van der Waals surface area contributed by atoms with Gasteiger partial charge in [0.2, 0.25) is 0 Å². The predicted molar refractivity (Wildman–Crippen MR) is 264 cm³/mol. The van der Waals surface area contributed by atoms with Crippen molar-refractivity contribution in [1.29, 1.82) is 0 Å². The van der Waals surface area contributed by atoms with Gasteiger partial charge in [0.15, 0.2) is 17.5 Å². The average molecular weight is 819 g/mol. The summed E-state index contributed by atoms with van der Waals surface area (Å²) in [6.45, 7) is 0. The molecule has 0 aliphatic carbocycles. The third-order valence-electron chi connectivity index (χ3n) is 12.1. The predicted octanol–water partition coefficient (Wildman–Crippen LogP) is 15.9. The highest BCUT2D eigenvalue weighted by Gasteiger charge is 2.22. The molecular weight excluding hydrogens is 781 g/mol. The monoisotopic (exact) mass is 818 g/mol. The van der Waals surface area contributed by atoms with Gasteiger partial charge >= 0.3 is 0 Å². The van der Waals surface area contributed by atoms with E-state index in [4.69, 9.17) is 19.4 Å². The van der Waals surface area contributed by atoms with Crippen LogP contribution in [0.3, 0.4) is 0 Å². The number of benzene rings is 10. The van der Waals surface area contributed by atoms with Crippen LogP contribution in [0.4, 0.5) is 17.1 Å². The summed E-state index contributed by atoms with van der Waals surface area (Å²) in [6.07, 6.45) is 0. The van der Waals surface area contributed by atoms with E-state index in [-0.39, 0.29) is 0 Å². The van der Waals surface area contributed by atoms with E-state index in [1.54, 1.807) is 0 Å². The third-order valence-corrected chi connectivity index (χ3v) is 12.1. The van der Waals surface area contributed by atoms with E-state index in [9.17, 15) is 0 Å². The number of anilines is 3. The number of hydrogen-bond donors (Lipinski definition) is 0. The Bertz CT molecular complexity index is 3640. The van der Waals surface area contributed by atoms with Crippen molar-refractivity contribution in [1.82, 2.24) is 15.0 Å².